The first-order valence-electron chi connectivity index (χ1n) is 6.80. The Morgan fingerprint density at radius 3 is 2.37 bits per heavy atom. The number of anilines is 1. The summed E-state index contributed by atoms with van der Waals surface area (Å²) >= 11 is 0. The Bertz CT molecular complexity index is 606. The van der Waals surface area contributed by atoms with Gasteiger partial charge in [-0.2, -0.15) is 0 Å². The molecule has 0 atom stereocenters. The van der Waals surface area contributed by atoms with Crippen molar-refractivity contribution in [1.82, 2.24) is 0 Å². The van der Waals surface area contributed by atoms with E-state index in [0.29, 0.717) is 0 Å². The Labute approximate surface area is 115 Å². The number of allylic oxidation sites excluding steroid dienone is 1. The molecule has 0 amide bonds. The zero-order valence-corrected chi connectivity index (χ0v) is 11.6. The van der Waals surface area contributed by atoms with Crippen LogP contribution in [0.2, 0.25) is 0 Å². The Balaban J connectivity index is 1.91. The first kappa shape index (κ1) is 12.0. The lowest BCUT2D eigenvalue weighted by Crippen LogP contribution is -2.07. The summed E-state index contributed by atoms with van der Waals surface area (Å²) in [4.78, 5) is 2.13. The highest BCUT2D eigenvalue weighted by Gasteiger charge is 2.14. The second kappa shape index (κ2) is 4.93. The van der Waals surface area contributed by atoms with Crippen molar-refractivity contribution in [2.24, 2.45) is 0 Å². The molecular formula is C18H19N. The molecule has 19 heavy (non-hydrogen) atoms. The maximum absolute atomic E-state index is 2.32. The highest BCUT2D eigenvalue weighted by atomic mass is 15.1. The van der Waals surface area contributed by atoms with Gasteiger partial charge in [0.2, 0.25) is 0 Å². The molecule has 0 spiro atoms. The third kappa shape index (κ3) is 2.41. The van der Waals surface area contributed by atoms with Gasteiger partial charge in [0, 0.05) is 19.8 Å². The minimum absolute atomic E-state index is 1.16. The number of fused-ring (bicyclic) bond motifs is 1. The van der Waals surface area contributed by atoms with Crippen LogP contribution in [0.5, 0.6) is 0 Å². The number of hydrogen-bond donors (Lipinski definition) is 0. The largest absolute Gasteiger partial charge is 0.378 e. The number of rotatable bonds is 2. The first-order chi connectivity index (χ1) is 9.24. The van der Waals surface area contributed by atoms with E-state index in [1.165, 1.54) is 34.4 Å². The zero-order valence-electron chi connectivity index (χ0n) is 11.6. The lowest BCUT2D eigenvalue weighted by atomic mass is 10.0. The van der Waals surface area contributed by atoms with Crippen LogP contribution in [0.3, 0.4) is 0 Å². The predicted octanol–water partition coefficient (Wildman–Crippen LogP) is 4.24. The summed E-state index contributed by atoms with van der Waals surface area (Å²) in [6.07, 6.45) is 4.66. The van der Waals surface area contributed by atoms with E-state index in [0.717, 1.165) is 6.42 Å². The van der Waals surface area contributed by atoms with Crippen molar-refractivity contribution in [3.8, 4) is 0 Å². The Morgan fingerprint density at radius 2 is 1.63 bits per heavy atom. The van der Waals surface area contributed by atoms with E-state index in [1.54, 1.807) is 0 Å². The van der Waals surface area contributed by atoms with Gasteiger partial charge in [0.1, 0.15) is 0 Å². The molecule has 2 aromatic carbocycles. The molecule has 1 aliphatic rings. The molecule has 0 fully saturated rings. The van der Waals surface area contributed by atoms with E-state index < -0.39 is 0 Å². The van der Waals surface area contributed by atoms with Gasteiger partial charge in [-0.3, -0.25) is 0 Å². The van der Waals surface area contributed by atoms with Crippen molar-refractivity contribution in [1.29, 1.82) is 0 Å². The normalized spacial score (nSPS) is 15.6. The van der Waals surface area contributed by atoms with Crippen LogP contribution >= 0.6 is 0 Å². The fourth-order valence-corrected chi connectivity index (χ4v) is 2.68. The third-order valence-electron chi connectivity index (χ3n) is 3.78. The van der Waals surface area contributed by atoms with E-state index in [4.69, 9.17) is 0 Å². The van der Waals surface area contributed by atoms with Gasteiger partial charge >= 0.3 is 0 Å². The predicted molar refractivity (Wildman–Crippen MR) is 83.4 cm³/mol. The third-order valence-corrected chi connectivity index (χ3v) is 3.78. The van der Waals surface area contributed by atoms with E-state index >= 15 is 0 Å². The van der Waals surface area contributed by atoms with Crippen molar-refractivity contribution in [2.75, 3.05) is 19.0 Å². The molecule has 1 aliphatic carbocycles. The molecule has 0 saturated carbocycles. The molecule has 1 heteroatoms. The summed E-state index contributed by atoms with van der Waals surface area (Å²) in [5.41, 5.74) is 6.91. The van der Waals surface area contributed by atoms with Crippen molar-refractivity contribution >= 4 is 17.3 Å². The van der Waals surface area contributed by atoms with Crippen LogP contribution in [0.1, 0.15) is 23.1 Å². The van der Waals surface area contributed by atoms with Crippen LogP contribution in [0.4, 0.5) is 5.69 Å². The number of benzene rings is 2. The van der Waals surface area contributed by atoms with Gasteiger partial charge < -0.3 is 4.90 Å². The summed E-state index contributed by atoms with van der Waals surface area (Å²) in [5.74, 6) is 0. The molecule has 0 radical (unpaired) electrons. The van der Waals surface area contributed by atoms with Crippen molar-refractivity contribution in [3.05, 3.63) is 65.2 Å². The van der Waals surface area contributed by atoms with Gasteiger partial charge in [0.25, 0.3) is 0 Å². The Hall–Kier alpha value is -2.02. The molecule has 96 valence electrons. The van der Waals surface area contributed by atoms with Gasteiger partial charge in [-0.1, -0.05) is 42.5 Å². The SMILES string of the molecule is CN(C)c1ccc(/C=C2\CCc3ccccc32)cc1. The van der Waals surface area contributed by atoms with E-state index in [2.05, 4.69) is 73.6 Å². The van der Waals surface area contributed by atoms with Crippen molar-refractivity contribution < 1.29 is 0 Å². The van der Waals surface area contributed by atoms with Crippen LogP contribution in [0, 0.1) is 0 Å². The minimum Gasteiger partial charge on any atom is -0.378 e. The standard InChI is InChI=1S/C18H19N/c1-19(2)17-11-7-14(8-12-17)13-16-10-9-15-5-3-4-6-18(15)16/h3-8,11-13H,9-10H2,1-2H3/b16-13+. The fourth-order valence-electron chi connectivity index (χ4n) is 2.68. The molecule has 0 aliphatic heterocycles. The maximum atomic E-state index is 2.32. The molecule has 0 heterocycles. The molecule has 0 N–H and O–H groups in total. The van der Waals surface area contributed by atoms with Crippen molar-refractivity contribution in [3.63, 3.8) is 0 Å². The second-order valence-electron chi connectivity index (χ2n) is 5.31. The fraction of sp³-hybridized carbons (Fsp3) is 0.222. The lowest BCUT2D eigenvalue weighted by molar-refractivity contribution is 1.08. The average molecular weight is 249 g/mol. The zero-order chi connectivity index (χ0) is 13.2. The Morgan fingerprint density at radius 1 is 0.895 bits per heavy atom. The number of hydrogen-bond acceptors (Lipinski definition) is 1. The summed E-state index contributed by atoms with van der Waals surface area (Å²) in [6, 6.07) is 17.5. The minimum atomic E-state index is 1.16. The van der Waals surface area contributed by atoms with Crippen LogP contribution in [0.25, 0.3) is 11.6 Å². The van der Waals surface area contributed by atoms with Gasteiger partial charge in [-0.15, -0.1) is 0 Å². The quantitative estimate of drug-likeness (QED) is 0.769. The monoisotopic (exact) mass is 249 g/mol. The van der Waals surface area contributed by atoms with Gasteiger partial charge in [-0.05, 0) is 47.2 Å². The topological polar surface area (TPSA) is 3.24 Å². The van der Waals surface area contributed by atoms with E-state index in [1.807, 2.05) is 0 Å². The average Bonchev–Trinajstić information content (AvgIpc) is 2.83. The molecular weight excluding hydrogens is 230 g/mol. The van der Waals surface area contributed by atoms with Crippen LogP contribution in [-0.2, 0) is 6.42 Å². The smallest absolute Gasteiger partial charge is 0.0361 e. The molecule has 0 aromatic heterocycles. The highest BCUT2D eigenvalue weighted by Crippen LogP contribution is 2.33. The summed E-state index contributed by atoms with van der Waals surface area (Å²) in [5, 5.41) is 0. The van der Waals surface area contributed by atoms with Gasteiger partial charge in [0.05, 0.1) is 0 Å². The summed E-state index contributed by atoms with van der Waals surface area (Å²) < 4.78 is 0. The van der Waals surface area contributed by atoms with E-state index in [9.17, 15) is 0 Å². The molecule has 0 saturated heterocycles. The van der Waals surface area contributed by atoms with Gasteiger partial charge in [-0.25, -0.2) is 0 Å². The van der Waals surface area contributed by atoms with E-state index in [-0.39, 0.29) is 0 Å². The Kier molecular flexibility index (Phi) is 3.12. The molecule has 3 rings (SSSR count). The molecule has 1 nitrogen and oxygen atoms in total. The highest BCUT2D eigenvalue weighted by molar-refractivity contribution is 5.85. The second-order valence-corrected chi connectivity index (χ2v) is 5.31. The number of aryl methyl sites for hydroxylation is 1. The van der Waals surface area contributed by atoms with Crippen LogP contribution in [0.15, 0.2) is 48.5 Å². The maximum Gasteiger partial charge on any atom is 0.0361 e. The summed E-state index contributed by atoms with van der Waals surface area (Å²) in [7, 11) is 4.14. The number of nitrogens with zero attached hydrogens (tertiary/aromatic N) is 1. The first-order valence-corrected chi connectivity index (χ1v) is 6.80. The molecule has 0 unspecified atom stereocenters. The molecule has 0 bridgehead atoms. The molecule has 2 aromatic rings. The lowest BCUT2D eigenvalue weighted by Gasteiger charge is -2.12. The van der Waals surface area contributed by atoms with Crippen LogP contribution in [-0.4, -0.2) is 14.1 Å². The van der Waals surface area contributed by atoms with Gasteiger partial charge in [0.15, 0.2) is 0 Å². The summed E-state index contributed by atoms with van der Waals surface area (Å²) in [6.45, 7) is 0. The van der Waals surface area contributed by atoms with Crippen LogP contribution < -0.4 is 4.90 Å². The van der Waals surface area contributed by atoms with Crippen molar-refractivity contribution in [2.45, 2.75) is 12.8 Å².